The van der Waals surface area contributed by atoms with Crippen LogP contribution in [0, 0.1) is 12.8 Å². The van der Waals surface area contributed by atoms with Crippen molar-refractivity contribution in [2.24, 2.45) is 11.7 Å². The van der Waals surface area contributed by atoms with Gasteiger partial charge in [0.25, 0.3) is 0 Å². The second-order valence-corrected chi connectivity index (χ2v) is 4.42. The normalized spacial score (nSPS) is 16.4. The second kappa shape index (κ2) is 5.51. The van der Waals surface area contributed by atoms with Gasteiger partial charge in [-0.15, -0.1) is 12.4 Å². The van der Waals surface area contributed by atoms with E-state index in [-0.39, 0.29) is 18.4 Å². The van der Waals surface area contributed by atoms with E-state index in [0.29, 0.717) is 0 Å². The minimum absolute atomic E-state index is 0. The Balaban J connectivity index is 0.00000128. The number of hydrogen-bond acceptors (Lipinski definition) is 3. The number of hydrogen-bond donors (Lipinski definition) is 1. The third-order valence-corrected chi connectivity index (χ3v) is 2.72. The molecule has 2 rings (SSSR count). The molecule has 1 aliphatic carbocycles. The molecule has 1 atom stereocenters. The highest BCUT2D eigenvalue weighted by Gasteiger charge is 2.22. The number of ether oxygens (including phenoxy) is 1. The highest BCUT2D eigenvalue weighted by Crippen LogP contribution is 2.30. The SMILES string of the molecule is Cc1cc(C(C)N)ncc1OCC1CC1.Cl. The third kappa shape index (κ3) is 3.35. The van der Waals surface area contributed by atoms with E-state index in [1.165, 1.54) is 12.8 Å². The van der Waals surface area contributed by atoms with Crippen molar-refractivity contribution in [3.05, 3.63) is 23.5 Å². The molecule has 1 aromatic heterocycles. The molecule has 3 nitrogen and oxygen atoms in total. The largest absolute Gasteiger partial charge is 0.491 e. The maximum absolute atomic E-state index is 5.76. The molecule has 1 aromatic rings. The van der Waals surface area contributed by atoms with E-state index < -0.39 is 0 Å². The summed E-state index contributed by atoms with van der Waals surface area (Å²) in [6.07, 6.45) is 4.41. The zero-order chi connectivity index (χ0) is 10.8. The van der Waals surface area contributed by atoms with E-state index in [4.69, 9.17) is 10.5 Å². The molecule has 1 heterocycles. The highest BCUT2D eigenvalue weighted by atomic mass is 35.5. The van der Waals surface area contributed by atoms with Crippen LogP contribution in [0.25, 0.3) is 0 Å². The number of nitrogens with zero attached hydrogens (tertiary/aromatic N) is 1. The first kappa shape index (κ1) is 13.3. The van der Waals surface area contributed by atoms with Crippen molar-refractivity contribution in [2.45, 2.75) is 32.7 Å². The van der Waals surface area contributed by atoms with Gasteiger partial charge in [-0.2, -0.15) is 0 Å². The van der Waals surface area contributed by atoms with Crippen LogP contribution in [0.15, 0.2) is 12.3 Å². The predicted octanol–water partition coefficient (Wildman–Crippen LogP) is 2.62. The lowest BCUT2D eigenvalue weighted by Gasteiger charge is -2.10. The molecule has 0 spiro atoms. The van der Waals surface area contributed by atoms with Crippen LogP contribution in [0.5, 0.6) is 5.75 Å². The first-order chi connectivity index (χ1) is 7.16. The second-order valence-electron chi connectivity index (χ2n) is 4.42. The van der Waals surface area contributed by atoms with Gasteiger partial charge in [0.15, 0.2) is 0 Å². The number of nitrogens with two attached hydrogens (primary N) is 1. The summed E-state index contributed by atoms with van der Waals surface area (Å²) in [4.78, 5) is 4.29. The number of rotatable bonds is 4. The summed E-state index contributed by atoms with van der Waals surface area (Å²) < 4.78 is 5.69. The Morgan fingerprint density at radius 2 is 2.25 bits per heavy atom. The molecule has 1 aliphatic rings. The van der Waals surface area contributed by atoms with Crippen LogP contribution in [0.3, 0.4) is 0 Å². The zero-order valence-corrected chi connectivity index (χ0v) is 10.6. The first-order valence-electron chi connectivity index (χ1n) is 5.51. The van der Waals surface area contributed by atoms with Crippen molar-refractivity contribution >= 4 is 12.4 Å². The lowest BCUT2D eigenvalue weighted by Crippen LogP contribution is -2.08. The van der Waals surface area contributed by atoms with Gasteiger partial charge in [0, 0.05) is 6.04 Å². The summed E-state index contributed by atoms with van der Waals surface area (Å²) in [5.74, 6) is 1.67. The number of halogens is 1. The van der Waals surface area contributed by atoms with Gasteiger partial charge in [-0.05, 0) is 44.2 Å². The van der Waals surface area contributed by atoms with Crippen LogP contribution in [-0.4, -0.2) is 11.6 Å². The molecular weight excluding hydrogens is 224 g/mol. The standard InChI is InChI=1S/C12H18N2O.ClH/c1-8-5-11(9(2)13)14-6-12(8)15-7-10-3-4-10;/h5-6,9-10H,3-4,7,13H2,1-2H3;1H. The van der Waals surface area contributed by atoms with Crippen LogP contribution in [0.1, 0.15) is 37.1 Å². The minimum Gasteiger partial charge on any atom is -0.491 e. The molecule has 16 heavy (non-hydrogen) atoms. The van der Waals surface area contributed by atoms with Crippen molar-refractivity contribution < 1.29 is 4.74 Å². The molecule has 0 amide bonds. The van der Waals surface area contributed by atoms with Crippen molar-refractivity contribution in [1.29, 1.82) is 0 Å². The fraction of sp³-hybridized carbons (Fsp3) is 0.583. The van der Waals surface area contributed by atoms with Gasteiger partial charge in [0.1, 0.15) is 5.75 Å². The van der Waals surface area contributed by atoms with Crippen molar-refractivity contribution in [3.63, 3.8) is 0 Å². The van der Waals surface area contributed by atoms with Crippen LogP contribution in [-0.2, 0) is 0 Å². The van der Waals surface area contributed by atoms with E-state index in [1.807, 2.05) is 19.9 Å². The first-order valence-corrected chi connectivity index (χ1v) is 5.51. The zero-order valence-electron chi connectivity index (χ0n) is 9.77. The van der Waals surface area contributed by atoms with Gasteiger partial charge in [-0.1, -0.05) is 0 Å². The average Bonchev–Trinajstić information content (AvgIpc) is 2.99. The summed E-state index contributed by atoms with van der Waals surface area (Å²) in [6.45, 7) is 4.81. The molecule has 0 aliphatic heterocycles. The van der Waals surface area contributed by atoms with E-state index in [0.717, 1.165) is 29.5 Å². The van der Waals surface area contributed by atoms with Crippen LogP contribution in [0.2, 0.25) is 0 Å². The molecule has 0 radical (unpaired) electrons. The summed E-state index contributed by atoms with van der Waals surface area (Å²) in [5, 5.41) is 0. The van der Waals surface area contributed by atoms with Crippen molar-refractivity contribution in [2.75, 3.05) is 6.61 Å². The Kier molecular flexibility index (Phi) is 4.56. The number of aromatic nitrogens is 1. The molecule has 0 bridgehead atoms. The minimum atomic E-state index is -0.0128. The van der Waals surface area contributed by atoms with Crippen LogP contribution >= 0.6 is 12.4 Å². The smallest absolute Gasteiger partial charge is 0.140 e. The Morgan fingerprint density at radius 3 is 2.75 bits per heavy atom. The molecule has 2 N–H and O–H groups in total. The monoisotopic (exact) mass is 242 g/mol. The van der Waals surface area contributed by atoms with E-state index >= 15 is 0 Å². The van der Waals surface area contributed by atoms with Gasteiger partial charge >= 0.3 is 0 Å². The molecule has 90 valence electrons. The number of aryl methyl sites for hydroxylation is 1. The Morgan fingerprint density at radius 1 is 1.56 bits per heavy atom. The van der Waals surface area contributed by atoms with Gasteiger partial charge in [0.2, 0.25) is 0 Å². The maximum Gasteiger partial charge on any atom is 0.140 e. The van der Waals surface area contributed by atoms with Crippen molar-refractivity contribution in [3.8, 4) is 5.75 Å². The van der Waals surface area contributed by atoms with Crippen LogP contribution < -0.4 is 10.5 Å². The van der Waals surface area contributed by atoms with E-state index in [9.17, 15) is 0 Å². The highest BCUT2D eigenvalue weighted by molar-refractivity contribution is 5.85. The Hall–Kier alpha value is -0.800. The molecule has 1 unspecified atom stereocenters. The topological polar surface area (TPSA) is 48.1 Å². The maximum atomic E-state index is 5.76. The van der Waals surface area contributed by atoms with Gasteiger partial charge in [0.05, 0.1) is 18.5 Å². The Bertz CT molecular complexity index is 351. The van der Waals surface area contributed by atoms with Gasteiger partial charge < -0.3 is 10.5 Å². The lowest BCUT2D eigenvalue weighted by atomic mass is 10.1. The van der Waals surface area contributed by atoms with Crippen LogP contribution in [0.4, 0.5) is 0 Å². The molecular formula is C12H19ClN2O. The summed E-state index contributed by atoms with van der Waals surface area (Å²) >= 11 is 0. The summed E-state index contributed by atoms with van der Waals surface area (Å²) in [6, 6.07) is 1.99. The van der Waals surface area contributed by atoms with Gasteiger partial charge in [-0.3, -0.25) is 4.98 Å². The van der Waals surface area contributed by atoms with E-state index in [2.05, 4.69) is 4.98 Å². The van der Waals surface area contributed by atoms with Gasteiger partial charge in [-0.25, -0.2) is 0 Å². The molecule has 0 aromatic carbocycles. The molecule has 0 saturated heterocycles. The summed E-state index contributed by atoms with van der Waals surface area (Å²) in [5.41, 5.74) is 7.81. The molecule has 1 saturated carbocycles. The average molecular weight is 243 g/mol. The Labute approximate surface area is 103 Å². The fourth-order valence-corrected chi connectivity index (χ4v) is 1.46. The van der Waals surface area contributed by atoms with E-state index in [1.54, 1.807) is 6.20 Å². The predicted molar refractivity (Wildman–Crippen MR) is 67.0 cm³/mol. The number of pyridine rings is 1. The lowest BCUT2D eigenvalue weighted by molar-refractivity contribution is 0.296. The third-order valence-electron chi connectivity index (χ3n) is 2.72. The molecule has 4 heteroatoms. The fourth-order valence-electron chi connectivity index (χ4n) is 1.46. The quantitative estimate of drug-likeness (QED) is 0.883. The summed E-state index contributed by atoms with van der Waals surface area (Å²) in [7, 11) is 0. The van der Waals surface area contributed by atoms with Crippen molar-refractivity contribution in [1.82, 2.24) is 4.98 Å². The molecule has 1 fully saturated rings.